The van der Waals surface area contributed by atoms with Crippen LogP contribution in [0, 0.1) is 17.8 Å². The third-order valence-electron chi connectivity index (χ3n) is 4.38. The summed E-state index contributed by atoms with van der Waals surface area (Å²) in [6.45, 7) is 7.89. The number of hydrogen-bond donors (Lipinski definition) is 0. The van der Waals surface area contributed by atoms with Crippen LogP contribution in [0.4, 0.5) is 0 Å². The second-order valence-electron chi connectivity index (χ2n) is 6.64. The van der Waals surface area contributed by atoms with E-state index in [2.05, 4.69) is 20.8 Å². The van der Waals surface area contributed by atoms with Gasteiger partial charge < -0.3 is 14.2 Å². The van der Waals surface area contributed by atoms with E-state index in [4.69, 9.17) is 14.2 Å². The molecule has 3 unspecified atom stereocenters. The van der Waals surface area contributed by atoms with Gasteiger partial charge in [-0.3, -0.25) is 4.79 Å². The van der Waals surface area contributed by atoms with Crippen LogP contribution in [0.1, 0.15) is 47.0 Å². The van der Waals surface area contributed by atoms with Gasteiger partial charge in [-0.25, -0.2) is 4.79 Å². The lowest BCUT2D eigenvalue weighted by molar-refractivity contribution is -0.185. The van der Waals surface area contributed by atoms with Crippen LogP contribution in [0.15, 0.2) is 0 Å². The normalized spacial score (nSPS) is 35.4. The molecule has 1 saturated heterocycles. The first-order valence-corrected chi connectivity index (χ1v) is 9.06. The molecule has 2 aliphatic rings. The zero-order chi connectivity index (χ0) is 16.3. The second kappa shape index (κ2) is 7.68. The van der Waals surface area contributed by atoms with E-state index in [-0.39, 0.29) is 12.1 Å². The first-order valence-electron chi connectivity index (χ1n) is 8.01. The van der Waals surface area contributed by atoms with E-state index in [1.807, 2.05) is 0 Å². The molecule has 0 N–H and O–H groups in total. The maximum atomic E-state index is 12.3. The molecule has 1 saturated carbocycles. The number of ether oxygens (including phenoxy) is 3. The maximum absolute atomic E-state index is 12.3. The van der Waals surface area contributed by atoms with Gasteiger partial charge >= 0.3 is 11.9 Å². The monoisotopic (exact) mass is 330 g/mol. The number of rotatable bonds is 4. The van der Waals surface area contributed by atoms with Crippen molar-refractivity contribution in [3.05, 3.63) is 0 Å². The van der Waals surface area contributed by atoms with Gasteiger partial charge in [0.1, 0.15) is 6.10 Å². The number of esters is 2. The molecule has 6 heteroatoms. The van der Waals surface area contributed by atoms with Crippen molar-refractivity contribution >= 4 is 23.7 Å². The fraction of sp³-hybridized carbons (Fsp3) is 0.875. The van der Waals surface area contributed by atoms with Gasteiger partial charge in [0.05, 0.1) is 5.75 Å². The van der Waals surface area contributed by atoms with E-state index >= 15 is 0 Å². The molecular formula is C16H26O5S. The lowest BCUT2D eigenvalue weighted by Crippen LogP contribution is -2.38. The zero-order valence-electron chi connectivity index (χ0n) is 13.7. The summed E-state index contributed by atoms with van der Waals surface area (Å²) in [6.07, 6.45) is 2.53. The van der Waals surface area contributed by atoms with E-state index in [1.54, 1.807) is 0 Å². The van der Waals surface area contributed by atoms with Crippen molar-refractivity contribution in [2.24, 2.45) is 17.8 Å². The quantitative estimate of drug-likeness (QED) is 0.739. The molecule has 0 amide bonds. The van der Waals surface area contributed by atoms with Crippen LogP contribution in [0.2, 0.25) is 0 Å². The van der Waals surface area contributed by atoms with Gasteiger partial charge in [-0.2, -0.15) is 0 Å². The largest absolute Gasteiger partial charge is 0.459 e. The first kappa shape index (κ1) is 17.6. The van der Waals surface area contributed by atoms with Crippen molar-refractivity contribution in [3.8, 4) is 0 Å². The molecule has 5 atom stereocenters. The van der Waals surface area contributed by atoms with Gasteiger partial charge in [-0.1, -0.05) is 27.2 Å². The molecule has 22 heavy (non-hydrogen) atoms. The molecule has 2 fully saturated rings. The summed E-state index contributed by atoms with van der Waals surface area (Å²) in [5.41, 5.74) is -0.686. The Labute approximate surface area is 136 Å². The highest BCUT2D eigenvalue weighted by atomic mass is 32.2. The van der Waals surface area contributed by atoms with E-state index in [0.717, 1.165) is 12.8 Å². The van der Waals surface area contributed by atoms with Gasteiger partial charge in [0.25, 0.3) is 0 Å². The van der Waals surface area contributed by atoms with Crippen molar-refractivity contribution in [3.63, 3.8) is 0 Å². The molecule has 0 spiro atoms. The van der Waals surface area contributed by atoms with Crippen molar-refractivity contribution in [1.82, 2.24) is 0 Å². The Kier molecular flexibility index (Phi) is 6.15. The molecule has 0 aromatic heterocycles. The molecule has 1 aliphatic carbocycles. The summed E-state index contributed by atoms with van der Waals surface area (Å²) < 4.78 is 16.2. The molecule has 1 heterocycles. The van der Waals surface area contributed by atoms with Crippen molar-refractivity contribution < 1.29 is 23.8 Å². The minimum absolute atomic E-state index is 0.0341. The van der Waals surface area contributed by atoms with Gasteiger partial charge in [-0.15, -0.1) is 11.8 Å². The van der Waals surface area contributed by atoms with Crippen molar-refractivity contribution in [1.29, 1.82) is 0 Å². The first-order chi connectivity index (χ1) is 10.4. The Hall–Kier alpha value is -0.750. The highest BCUT2D eigenvalue weighted by molar-refractivity contribution is 8.00. The highest BCUT2D eigenvalue weighted by Crippen LogP contribution is 2.36. The second-order valence-corrected chi connectivity index (χ2v) is 7.74. The van der Waals surface area contributed by atoms with Gasteiger partial charge in [0.15, 0.2) is 0 Å². The van der Waals surface area contributed by atoms with Crippen LogP contribution in [0.3, 0.4) is 0 Å². The molecule has 2 rings (SSSR count). The molecular weight excluding hydrogens is 304 g/mol. The third kappa shape index (κ3) is 4.62. The van der Waals surface area contributed by atoms with Crippen LogP contribution in [-0.2, 0) is 23.8 Å². The molecule has 0 aromatic rings. The zero-order valence-corrected chi connectivity index (χ0v) is 14.6. The third-order valence-corrected chi connectivity index (χ3v) is 5.45. The fourth-order valence-electron chi connectivity index (χ4n) is 3.21. The van der Waals surface area contributed by atoms with E-state index in [1.165, 1.54) is 25.1 Å². The molecule has 0 aromatic carbocycles. The summed E-state index contributed by atoms with van der Waals surface area (Å²) in [5, 5.41) is 0. The van der Waals surface area contributed by atoms with E-state index in [9.17, 15) is 9.59 Å². The van der Waals surface area contributed by atoms with Crippen LogP contribution in [0.25, 0.3) is 0 Å². The van der Waals surface area contributed by atoms with Crippen LogP contribution in [-0.4, -0.2) is 35.5 Å². The van der Waals surface area contributed by atoms with E-state index < -0.39 is 17.7 Å². The summed E-state index contributed by atoms with van der Waals surface area (Å²) in [5.74, 6) is 1.21. The average molecular weight is 330 g/mol. The van der Waals surface area contributed by atoms with Crippen LogP contribution >= 0.6 is 11.8 Å². The molecule has 0 bridgehead atoms. The predicted octanol–water partition coefficient (Wildman–Crippen LogP) is 2.97. The fourth-order valence-corrected chi connectivity index (χ4v) is 4.08. The van der Waals surface area contributed by atoms with Gasteiger partial charge in [0, 0.05) is 6.92 Å². The standard InChI is InChI=1S/C16H26O5S/c1-9(2)12-6-5-10(3)7-13(12)20-15(18)16-21-14(8-22-16)19-11(4)17/h9-10,12-14,16H,5-8H2,1-4H3/t10-,12?,13?,14?,16-/m1/s1. The summed E-state index contributed by atoms with van der Waals surface area (Å²) in [7, 11) is 0. The Balaban J connectivity index is 1.88. The Morgan fingerprint density at radius 2 is 1.95 bits per heavy atom. The summed E-state index contributed by atoms with van der Waals surface area (Å²) in [4.78, 5) is 23.2. The summed E-state index contributed by atoms with van der Waals surface area (Å²) in [6, 6.07) is 0. The van der Waals surface area contributed by atoms with Crippen molar-refractivity contribution in [2.45, 2.75) is 64.8 Å². The van der Waals surface area contributed by atoms with E-state index in [0.29, 0.717) is 23.5 Å². The maximum Gasteiger partial charge on any atom is 0.346 e. The lowest BCUT2D eigenvalue weighted by atomic mass is 9.75. The number of carbonyl (C=O) groups excluding carboxylic acids is 2. The Bertz CT molecular complexity index is 411. The van der Waals surface area contributed by atoms with Crippen LogP contribution < -0.4 is 0 Å². The van der Waals surface area contributed by atoms with Gasteiger partial charge in [0.2, 0.25) is 11.7 Å². The summed E-state index contributed by atoms with van der Waals surface area (Å²) >= 11 is 1.33. The molecule has 126 valence electrons. The minimum Gasteiger partial charge on any atom is -0.459 e. The highest BCUT2D eigenvalue weighted by Gasteiger charge is 2.39. The smallest absolute Gasteiger partial charge is 0.346 e. The number of thioether (sulfide) groups is 1. The molecule has 0 radical (unpaired) electrons. The number of carbonyl (C=O) groups is 2. The Morgan fingerprint density at radius 3 is 2.59 bits per heavy atom. The number of hydrogen-bond acceptors (Lipinski definition) is 6. The topological polar surface area (TPSA) is 61.8 Å². The molecule has 1 aliphatic heterocycles. The van der Waals surface area contributed by atoms with Crippen LogP contribution in [0.5, 0.6) is 0 Å². The minimum atomic E-state index is -0.686. The molecule has 5 nitrogen and oxygen atoms in total. The van der Waals surface area contributed by atoms with Crippen molar-refractivity contribution in [2.75, 3.05) is 5.75 Å². The lowest BCUT2D eigenvalue weighted by Gasteiger charge is -2.37. The van der Waals surface area contributed by atoms with Gasteiger partial charge in [-0.05, 0) is 30.6 Å². The average Bonchev–Trinajstić information content (AvgIpc) is 2.86. The Morgan fingerprint density at radius 1 is 1.23 bits per heavy atom. The SMILES string of the molecule is CC(=O)OC1CS[C@H](C(=O)OC2C[C@H](C)CCC2C(C)C)O1. The predicted molar refractivity (Wildman–Crippen MR) is 84.1 cm³/mol.